The standard InChI is InChI=1S/C19H23N3O2/c1-24-18-6-4-5-17(21-18)13-20-19(23)16-9-7-15(8-10-16)14-22-11-2-3-12-22/h4-10H,2-3,11-14H2,1H3,(H,20,23). The molecule has 2 aromatic rings. The molecule has 1 aromatic carbocycles. The second kappa shape index (κ2) is 7.93. The first-order valence-electron chi connectivity index (χ1n) is 8.34. The van der Waals surface area contributed by atoms with Crippen LogP contribution in [0.4, 0.5) is 0 Å². The topological polar surface area (TPSA) is 54.5 Å². The molecule has 0 spiro atoms. The fourth-order valence-electron chi connectivity index (χ4n) is 2.90. The minimum atomic E-state index is -0.0904. The van der Waals surface area contributed by atoms with Crippen LogP contribution in [-0.4, -0.2) is 36.0 Å². The summed E-state index contributed by atoms with van der Waals surface area (Å²) in [5, 5.41) is 2.89. The van der Waals surface area contributed by atoms with E-state index in [1.807, 2.05) is 36.4 Å². The smallest absolute Gasteiger partial charge is 0.251 e. The number of aromatic nitrogens is 1. The molecule has 0 bridgehead atoms. The van der Waals surface area contributed by atoms with Gasteiger partial charge in [0.05, 0.1) is 19.3 Å². The monoisotopic (exact) mass is 325 g/mol. The zero-order chi connectivity index (χ0) is 16.8. The van der Waals surface area contributed by atoms with E-state index >= 15 is 0 Å². The first-order chi connectivity index (χ1) is 11.7. The number of carbonyl (C=O) groups excluding carboxylic acids is 1. The number of hydrogen-bond donors (Lipinski definition) is 1. The average Bonchev–Trinajstić information content (AvgIpc) is 3.13. The summed E-state index contributed by atoms with van der Waals surface area (Å²) in [6.07, 6.45) is 2.58. The maximum absolute atomic E-state index is 12.2. The third-order valence-electron chi connectivity index (χ3n) is 4.24. The molecule has 1 aliphatic heterocycles. The van der Waals surface area contributed by atoms with E-state index in [9.17, 15) is 4.79 Å². The fourth-order valence-corrected chi connectivity index (χ4v) is 2.90. The van der Waals surface area contributed by atoms with E-state index in [2.05, 4.69) is 15.2 Å². The molecule has 126 valence electrons. The normalized spacial score (nSPS) is 14.5. The molecule has 24 heavy (non-hydrogen) atoms. The summed E-state index contributed by atoms with van der Waals surface area (Å²) in [5.74, 6) is 0.459. The van der Waals surface area contributed by atoms with E-state index < -0.39 is 0 Å². The minimum absolute atomic E-state index is 0.0904. The van der Waals surface area contributed by atoms with Crippen LogP contribution in [0.2, 0.25) is 0 Å². The third-order valence-corrected chi connectivity index (χ3v) is 4.24. The van der Waals surface area contributed by atoms with Crippen molar-refractivity contribution >= 4 is 5.91 Å². The van der Waals surface area contributed by atoms with E-state index in [0.29, 0.717) is 18.0 Å². The quantitative estimate of drug-likeness (QED) is 0.887. The van der Waals surface area contributed by atoms with Gasteiger partial charge in [0.1, 0.15) is 0 Å². The number of nitrogens with zero attached hydrogens (tertiary/aromatic N) is 2. The number of hydrogen-bond acceptors (Lipinski definition) is 4. The Kier molecular flexibility index (Phi) is 5.43. The van der Waals surface area contributed by atoms with Crippen LogP contribution in [-0.2, 0) is 13.1 Å². The van der Waals surface area contributed by atoms with Gasteiger partial charge in [-0.05, 0) is 49.7 Å². The number of nitrogens with one attached hydrogen (secondary N) is 1. The van der Waals surface area contributed by atoms with Crippen molar-refractivity contribution in [2.45, 2.75) is 25.9 Å². The molecule has 1 aliphatic rings. The predicted molar refractivity (Wildman–Crippen MR) is 92.9 cm³/mol. The number of pyridine rings is 1. The van der Waals surface area contributed by atoms with E-state index in [0.717, 1.165) is 12.2 Å². The van der Waals surface area contributed by atoms with Crippen LogP contribution in [0, 0.1) is 0 Å². The second-order valence-corrected chi connectivity index (χ2v) is 6.03. The van der Waals surface area contributed by atoms with Crippen LogP contribution in [0.3, 0.4) is 0 Å². The summed E-state index contributed by atoms with van der Waals surface area (Å²) in [7, 11) is 1.58. The van der Waals surface area contributed by atoms with Crippen LogP contribution < -0.4 is 10.1 Å². The molecule has 0 aliphatic carbocycles. The number of ether oxygens (including phenoxy) is 1. The van der Waals surface area contributed by atoms with Gasteiger partial charge in [-0.2, -0.15) is 0 Å². The zero-order valence-electron chi connectivity index (χ0n) is 14.0. The van der Waals surface area contributed by atoms with E-state index in [-0.39, 0.29) is 5.91 Å². The Morgan fingerprint density at radius 1 is 1.17 bits per heavy atom. The largest absolute Gasteiger partial charge is 0.481 e. The highest BCUT2D eigenvalue weighted by Crippen LogP contribution is 2.13. The highest BCUT2D eigenvalue weighted by molar-refractivity contribution is 5.94. The Morgan fingerprint density at radius 3 is 2.62 bits per heavy atom. The van der Waals surface area contributed by atoms with Crippen LogP contribution >= 0.6 is 0 Å². The first-order valence-corrected chi connectivity index (χ1v) is 8.34. The van der Waals surface area contributed by atoms with Crippen molar-refractivity contribution in [3.8, 4) is 5.88 Å². The van der Waals surface area contributed by atoms with Gasteiger partial charge < -0.3 is 10.1 Å². The van der Waals surface area contributed by atoms with Gasteiger partial charge in [0.15, 0.2) is 0 Å². The fraction of sp³-hybridized carbons (Fsp3) is 0.368. The number of likely N-dealkylation sites (tertiary alicyclic amines) is 1. The number of methoxy groups -OCH3 is 1. The Morgan fingerprint density at radius 2 is 1.92 bits per heavy atom. The second-order valence-electron chi connectivity index (χ2n) is 6.03. The number of carbonyl (C=O) groups is 1. The maximum Gasteiger partial charge on any atom is 0.251 e. The van der Waals surface area contributed by atoms with Gasteiger partial charge in [0.2, 0.25) is 5.88 Å². The predicted octanol–water partition coefficient (Wildman–Crippen LogP) is 2.62. The van der Waals surface area contributed by atoms with Crippen molar-refractivity contribution < 1.29 is 9.53 Å². The molecule has 1 fully saturated rings. The van der Waals surface area contributed by atoms with Crippen LogP contribution in [0.1, 0.15) is 34.5 Å². The lowest BCUT2D eigenvalue weighted by molar-refractivity contribution is 0.0950. The SMILES string of the molecule is COc1cccc(CNC(=O)c2ccc(CN3CCCC3)cc2)n1. The molecule has 5 nitrogen and oxygen atoms in total. The molecule has 1 aromatic heterocycles. The molecular formula is C19H23N3O2. The molecule has 0 unspecified atom stereocenters. The van der Waals surface area contributed by atoms with Crippen molar-refractivity contribution in [3.05, 3.63) is 59.3 Å². The Hall–Kier alpha value is -2.40. The lowest BCUT2D eigenvalue weighted by Gasteiger charge is -2.14. The van der Waals surface area contributed by atoms with Gasteiger partial charge in [-0.1, -0.05) is 18.2 Å². The van der Waals surface area contributed by atoms with Gasteiger partial charge in [-0.3, -0.25) is 9.69 Å². The lowest BCUT2D eigenvalue weighted by atomic mass is 10.1. The maximum atomic E-state index is 12.2. The Labute approximate surface area is 142 Å². The summed E-state index contributed by atoms with van der Waals surface area (Å²) in [4.78, 5) is 19.0. The molecule has 1 N–H and O–H groups in total. The number of benzene rings is 1. The van der Waals surface area contributed by atoms with Gasteiger partial charge in [0, 0.05) is 18.2 Å². The zero-order valence-corrected chi connectivity index (χ0v) is 14.0. The average molecular weight is 325 g/mol. The number of rotatable bonds is 6. The molecule has 0 radical (unpaired) electrons. The Balaban J connectivity index is 1.54. The van der Waals surface area contributed by atoms with Gasteiger partial charge in [-0.15, -0.1) is 0 Å². The van der Waals surface area contributed by atoms with Crippen molar-refractivity contribution in [2.75, 3.05) is 20.2 Å². The van der Waals surface area contributed by atoms with Gasteiger partial charge in [-0.25, -0.2) is 4.98 Å². The highest BCUT2D eigenvalue weighted by Gasteiger charge is 2.12. The molecule has 1 amide bonds. The third kappa shape index (κ3) is 4.32. The number of amides is 1. The van der Waals surface area contributed by atoms with Crippen molar-refractivity contribution in [1.82, 2.24) is 15.2 Å². The van der Waals surface area contributed by atoms with Crippen molar-refractivity contribution in [1.29, 1.82) is 0 Å². The minimum Gasteiger partial charge on any atom is -0.481 e. The summed E-state index contributed by atoms with van der Waals surface area (Å²) in [5.41, 5.74) is 2.69. The van der Waals surface area contributed by atoms with E-state index in [1.54, 1.807) is 13.2 Å². The lowest BCUT2D eigenvalue weighted by Crippen LogP contribution is -2.23. The van der Waals surface area contributed by atoms with Gasteiger partial charge >= 0.3 is 0 Å². The van der Waals surface area contributed by atoms with Crippen LogP contribution in [0.25, 0.3) is 0 Å². The summed E-state index contributed by atoms with van der Waals surface area (Å²) < 4.78 is 5.09. The van der Waals surface area contributed by atoms with Crippen molar-refractivity contribution in [2.24, 2.45) is 0 Å². The van der Waals surface area contributed by atoms with Crippen molar-refractivity contribution in [3.63, 3.8) is 0 Å². The molecule has 2 heterocycles. The van der Waals surface area contributed by atoms with Gasteiger partial charge in [0.25, 0.3) is 5.91 Å². The van der Waals surface area contributed by atoms with E-state index in [1.165, 1.54) is 31.5 Å². The summed E-state index contributed by atoms with van der Waals surface area (Å²) >= 11 is 0. The molecule has 0 atom stereocenters. The van der Waals surface area contributed by atoms with E-state index in [4.69, 9.17) is 4.74 Å². The summed E-state index contributed by atoms with van der Waals surface area (Å²) in [6, 6.07) is 13.4. The molecule has 3 rings (SSSR count). The highest BCUT2D eigenvalue weighted by atomic mass is 16.5. The molecule has 1 saturated heterocycles. The molecule has 5 heteroatoms. The van der Waals surface area contributed by atoms with Crippen LogP contribution in [0.5, 0.6) is 5.88 Å². The Bertz CT molecular complexity index is 679. The molecule has 0 saturated carbocycles. The van der Waals surface area contributed by atoms with Crippen LogP contribution in [0.15, 0.2) is 42.5 Å². The summed E-state index contributed by atoms with van der Waals surface area (Å²) in [6.45, 7) is 3.70. The molecular weight excluding hydrogens is 302 g/mol. The first kappa shape index (κ1) is 16.5.